The Bertz CT molecular complexity index is 684. The summed E-state index contributed by atoms with van der Waals surface area (Å²) in [6.45, 7) is 3.59. The molecule has 25 heavy (non-hydrogen) atoms. The van der Waals surface area contributed by atoms with Crippen molar-refractivity contribution >= 4 is 23.5 Å². The van der Waals surface area contributed by atoms with Gasteiger partial charge < -0.3 is 14.8 Å². The molecule has 7 heteroatoms. The Morgan fingerprint density at radius 1 is 1.20 bits per heavy atom. The number of anilines is 1. The molecule has 0 saturated carbocycles. The van der Waals surface area contributed by atoms with E-state index in [1.165, 1.54) is 4.90 Å². The summed E-state index contributed by atoms with van der Waals surface area (Å²) in [5.41, 5.74) is -0.0431. The second-order valence-electron chi connectivity index (χ2n) is 6.10. The van der Waals surface area contributed by atoms with Crippen LogP contribution in [-0.4, -0.2) is 47.7 Å². The number of para-hydroxylation sites is 1. The summed E-state index contributed by atoms with van der Waals surface area (Å²) >= 11 is 0. The minimum atomic E-state index is -1.72. The van der Waals surface area contributed by atoms with Gasteiger partial charge in [-0.3, -0.25) is 9.69 Å². The highest BCUT2D eigenvalue weighted by molar-refractivity contribution is 6.09. The normalized spacial score (nSPS) is 20.8. The van der Waals surface area contributed by atoms with Crippen LogP contribution in [0.5, 0.6) is 0 Å². The molecule has 1 fully saturated rings. The van der Waals surface area contributed by atoms with E-state index in [9.17, 15) is 14.4 Å². The first-order valence-corrected chi connectivity index (χ1v) is 8.55. The Morgan fingerprint density at radius 2 is 1.84 bits per heavy atom. The predicted molar refractivity (Wildman–Crippen MR) is 89.6 cm³/mol. The van der Waals surface area contributed by atoms with Gasteiger partial charge in [-0.25, -0.2) is 9.59 Å². The summed E-state index contributed by atoms with van der Waals surface area (Å²) in [5, 5.41) is 3.29. The Balaban J connectivity index is 2.03. The van der Waals surface area contributed by atoms with Gasteiger partial charge in [0.2, 0.25) is 11.4 Å². The van der Waals surface area contributed by atoms with Crippen molar-refractivity contribution in [3.05, 3.63) is 29.8 Å². The maximum atomic E-state index is 13.0. The molecular weight excluding hydrogens is 324 g/mol. The van der Waals surface area contributed by atoms with Crippen LogP contribution in [0, 0.1) is 0 Å². The molecule has 2 heterocycles. The molecule has 0 radical (unpaired) electrons. The number of benzene rings is 1. The topological polar surface area (TPSA) is 84.9 Å². The second kappa shape index (κ2) is 6.74. The number of ether oxygens (including phenoxy) is 2. The summed E-state index contributed by atoms with van der Waals surface area (Å²) in [6, 6.07) is 7.48. The van der Waals surface area contributed by atoms with Gasteiger partial charge in [-0.1, -0.05) is 18.2 Å². The maximum absolute atomic E-state index is 13.0. The van der Waals surface area contributed by atoms with E-state index >= 15 is 0 Å². The molecule has 134 valence electrons. The van der Waals surface area contributed by atoms with Crippen LogP contribution in [0.2, 0.25) is 0 Å². The van der Waals surface area contributed by atoms with Gasteiger partial charge in [0.25, 0.3) is 0 Å². The van der Waals surface area contributed by atoms with Crippen LogP contribution in [0.4, 0.5) is 5.69 Å². The van der Waals surface area contributed by atoms with E-state index in [2.05, 4.69) is 5.32 Å². The molecule has 0 spiro atoms. The van der Waals surface area contributed by atoms with Crippen LogP contribution in [0.15, 0.2) is 24.3 Å². The van der Waals surface area contributed by atoms with Crippen molar-refractivity contribution in [2.24, 2.45) is 0 Å². The van der Waals surface area contributed by atoms with Gasteiger partial charge in [-0.15, -0.1) is 0 Å². The first-order valence-electron chi connectivity index (χ1n) is 8.55. The molecule has 3 rings (SSSR count). The quantitative estimate of drug-likeness (QED) is 0.656. The van der Waals surface area contributed by atoms with Gasteiger partial charge in [-0.05, 0) is 38.3 Å². The molecule has 0 aromatic heterocycles. The largest absolute Gasteiger partial charge is 0.464 e. The first kappa shape index (κ1) is 17.3. The summed E-state index contributed by atoms with van der Waals surface area (Å²) in [7, 11) is 0. The van der Waals surface area contributed by atoms with Crippen molar-refractivity contribution in [3.63, 3.8) is 0 Å². The second-order valence-corrected chi connectivity index (χ2v) is 6.10. The van der Waals surface area contributed by atoms with Crippen LogP contribution in [-0.2, 0) is 30.3 Å². The van der Waals surface area contributed by atoms with Crippen molar-refractivity contribution in [1.29, 1.82) is 0 Å². The van der Waals surface area contributed by atoms with Crippen LogP contribution in [0.1, 0.15) is 32.3 Å². The third-order valence-electron chi connectivity index (χ3n) is 4.68. The zero-order valence-electron chi connectivity index (χ0n) is 14.4. The van der Waals surface area contributed by atoms with Crippen LogP contribution >= 0.6 is 0 Å². The molecule has 0 bridgehead atoms. The van der Waals surface area contributed by atoms with E-state index < -0.39 is 23.6 Å². The molecule has 2 aliphatic rings. The number of fused-ring (bicyclic) bond motifs is 2. The maximum Gasteiger partial charge on any atom is 0.343 e. The third kappa shape index (κ3) is 2.73. The molecule has 1 atom stereocenters. The van der Waals surface area contributed by atoms with Crippen LogP contribution in [0.3, 0.4) is 0 Å². The highest BCUT2D eigenvalue weighted by Crippen LogP contribution is 2.40. The smallest absolute Gasteiger partial charge is 0.343 e. The highest BCUT2D eigenvalue weighted by atomic mass is 16.6. The molecular formula is C18H22N2O5. The summed E-state index contributed by atoms with van der Waals surface area (Å²) in [5.74, 6) is -1.74. The van der Waals surface area contributed by atoms with Crippen molar-refractivity contribution < 1.29 is 23.9 Å². The average molecular weight is 346 g/mol. The fourth-order valence-electron chi connectivity index (χ4n) is 3.61. The van der Waals surface area contributed by atoms with Gasteiger partial charge in [-0.2, -0.15) is 0 Å². The molecule has 1 aromatic carbocycles. The Hall–Kier alpha value is -2.57. The number of amides is 1. The summed E-state index contributed by atoms with van der Waals surface area (Å²) < 4.78 is 10.3. The van der Waals surface area contributed by atoms with E-state index in [0.29, 0.717) is 6.42 Å². The van der Waals surface area contributed by atoms with E-state index in [4.69, 9.17) is 9.47 Å². The fraction of sp³-hybridized carbons (Fsp3) is 0.500. The lowest BCUT2D eigenvalue weighted by atomic mass is 9.95. The number of rotatable bonds is 4. The number of nitrogens with one attached hydrogen (secondary N) is 1. The van der Waals surface area contributed by atoms with Gasteiger partial charge in [0.1, 0.15) is 6.17 Å². The Kier molecular flexibility index (Phi) is 4.65. The molecule has 1 aromatic rings. The van der Waals surface area contributed by atoms with Gasteiger partial charge in [0.05, 0.1) is 19.6 Å². The molecule has 1 saturated heterocycles. The standard InChI is InChI=1S/C18H22N2O5/c1-3-24-16(22)18(17(23)25-4-2)10-9-14-19-13-8-6-5-7-12(13)11-15(21)20(14)18/h5-8,14,19H,3-4,9-11H2,1-2H3. The van der Waals surface area contributed by atoms with E-state index in [1.54, 1.807) is 13.8 Å². The number of carbonyl (C=O) groups excluding carboxylic acids is 3. The van der Waals surface area contributed by atoms with Crippen LogP contribution in [0.25, 0.3) is 0 Å². The van der Waals surface area contributed by atoms with Crippen molar-refractivity contribution in [3.8, 4) is 0 Å². The predicted octanol–water partition coefficient (Wildman–Crippen LogP) is 1.47. The molecule has 1 N–H and O–H groups in total. The number of nitrogens with zero attached hydrogens (tertiary/aromatic N) is 1. The number of hydrogen-bond acceptors (Lipinski definition) is 6. The Labute approximate surface area is 146 Å². The third-order valence-corrected chi connectivity index (χ3v) is 4.68. The highest BCUT2D eigenvalue weighted by Gasteiger charge is 2.62. The summed E-state index contributed by atoms with van der Waals surface area (Å²) in [4.78, 5) is 39.7. The minimum absolute atomic E-state index is 0.111. The Morgan fingerprint density at radius 3 is 2.48 bits per heavy atom. The molecule has 2 aliphatic heterocycles. The summed E-state index contributed by atoms with van der Waals surface area (Å²) in [6.07, 6.45) is 0.290. The van der Waals surface area contributed by atoms with E-state index in [1.807, 2.05) is 24.3 Å². The number of carbonyl (C=O) groups is 3. The zero-order valence-corrected chi connectivity index (χ0v) is 14.4. The van der Waals surface area contributed by atoms with Gasteiger partial charge in [0, 0.05) is 5.69 Å². The van der Waals surface area contributed by atoms with Crippen molar-refractivity contribution in [2.45, 2.75) is 44.8 Å². The lowest BCUT2D eigenvalue weighted by molar-refractivity contribution is -0.177. The van der Waals surface area contributed by atoms with Crippen LogP contribution < -0.4 is 5.32 Å². The first-order chi connectivity index (χ1) is 12.0. The van der Waals surface area contributed by atoms with E-state index in [-0.39, 0.29) is 32.0 Å². The van der Waals surface area contributed by atoms with E-state index in [0.717, 1.165) is 11.3 Å². The van der Waals surface area contributed by atoms with Gasteiger partial charge >= 0.3 is 11.9 Å². The molecule has 1 amide bonds. The lowest BCUT2D eigenvalue weighted by Crippen LogP contribution is -2.62. The van der Waals surface area contributed by atoms with Crippen molar-refractivity contribution in [2.75, 3.05) is 18.5 Å². The monoisotopic (exact) mass is 346 g/mol. The zero-order chi connectivity index (χ0) is 18.0. The van der Waals surface area contributed by atoms with Gasteiger partial charge in [0.15, 0.2) is 0 Å². The average Bonchev–Trinajstić information content (AvgIpc) is 2.90. The number of hydrogen-bond donors (Lipinski definition) is 1. The van der Waals surface area contributed by atoms with Crippen molar-refractivity contribution in [1.82, 2.24) is 4.90 Å². The SMILES string of the molecule is CCOC(=O)C1(C(=O)OCC)CCC2Nc3ccccc3CC(=O)N21. The number of esters is 2. The molecule has 7 nitrogen and oxygen atoms in total. The lowest BCUT2D eigenvalue weighted by Gasteiger charge is -2.36. The minimum Gasteiger partial charge on any atom is -0.464 e. The molecule has 1 unspecified atom stereocenters. The molecule has 0 aliphatic carbocycles. The fourth-order valence-corrected chi connectivity index (χ4v) is 3.61.